The van der Waals surface area contributed by atoms with Crippen LogP contribution in [0.3, 0.4) is 0 Å². The van der Waals surface area contributed by atoms with Gasteiger partial charge in [-0.05, 0) is 45.4 Å². The number of carboxylic acids is 2. The molecule has 1 aliphatic rings. The van der Waals surface area contributed by atoms with Crippen LogP contribution in [0.5, 0.6) is 5.75 Å². The second-order valence-corrected chi connectivity index (χ2v) is 6.50. The first-order valence-corrected chi connectivity index (χ1v) is 8.67. The van der Waals surface area contributed by atoms with Crippen LogP contribution in [-0.2, 0) is 9.59 Å². The van der Waals surface area contributed by atoms with Crippen molar-refractivity contribution < 1.29 is 24.5 Å². The van der Waals surface area contributed by atoms with Gasteiger partial charge in [0.25, 0.3) is 0 Å². The first-order chi connectivity index (χ1) is 11.8. The minimum absolute atomic E-state index is 0.775. The number of likely N-dealkylation sites (N-methyl/N-ethyl adjacent to an activating group) is 1. The van der Waals surface area contributed by atoms with Crippen LogP contribution in [0.25, 0.3) is 0 Å². The van der Waals surface area contributed by atoms with E-state index in [4.69, 9.17) is 24.5 Å². The normalized spacial score (nSPS) is 14.6. The Kier molecular flexibility index (Phi) is 8.99. The van der Waals surface area contributed by atoms with Gasteiger partial charge in [0.2, 0.25) is 0 Å². The molecule has 1 aromatic rings. The fourth-order valence-electron chi connectivity index (χ4n) is 2.97. The molecule has 0 heterocycles. The summed E-state index contributed by atoms with van der Waals surface area (Å²) in [7, 11) is 2.24. The minimum atomic E-state index is -1.82. The number of hydrogen-bond acceptors (Lipinski definition) is 4. The molecule has 2 rings (SSSR count). The van der Waals surface area contributed by atoms with Gasteiger partial charge in [0.05, 0.1) is 0 Å². The average molecular weight is 351 g/mol. The van der Waals surface area contributed by atoms with Crippen LogP contribution in [0.2, 0.25) is 0 Å². The fourth-order valence-corrected chi connectivity index (χ4v) is 2.97. The maximum Gasteiger partial charge on any atom is 0.414 e. The van der Waals surface area contributed by atoms with E-state index in [2.05, 4.69) is 44.0 Å². The molecule has 140 valence electrons. The summed E-state index contributed by atoms with van der Waals surface area (Å²) in [5, 5.41) is 14.8. The molecule has 1 aromatic carbocycles. The Morgan fingerprint density at radius 2 is 1.72 bits per heavy atom. The van der Waals surface area contributed by atoms with Crippen molar-refractivity contribution in [1.82, 2.24) is 4.90 Å². The summed E-state index contributed by atoms with van der Waals surface area (Å²) in [6.45, 7) is 6.05. The van der Waals surface area contributed by atoms with Crippen LogP contribution >= 0.6 is 0 Å². The van der Waals surface area contributed by atoms with Crippen LogP contribution in [-0.4, -0.2) is 53.3 Å². The van der Waals surface area contributed by atoms with Crippen LogP contribution < -0.4 is 4.74 Å². The third-order valence-electron chi connectivity index (χ3n) is 4.41. The highest BCUT2D eigenvalue weighted by Gasteiger charge is 2.17. The molecule has 0 spiro atoms. The third-order valence-corrected chi connectivity index (χ3v) is 4.41. The first-order valence-electron chi connectivity index (χ1n) is 8.67. The summed E-state index contributed by atoms with van der Waals surface area (Å²) in [6, 6.07) is 7.16. The molecule has 6 heteroatoms. The Balaban J connectivity index is 0.000000450. The van der Waals surface area contributed by atoms with Gasteiger partial charge in [0.15, 0.2) is 0 Å². The van der Waals surface area contributed by atoms with E-state index < -0.39 is 11.9 Å². The van der Waals surface area contributed by atoms with Gasteiger partial charge in [-0.3, -0.25) is 0 Å². The molecular formula is C19H29NO5. The Morgan fingerprint density at radius 3 is 2.24 bits per heavy atom. The second kappa shape index (κ2) is 10.7. The van der Waals surface area contributed by atoms with Crippen molar-refractivity contribution in [2.45, 2.75) is 52.0 Å². The molecule has 0 unspecified atom stereocenters. The Morgan fingerprint density at radius 1 is 1.12 bits per heavy atom. The van der Waals surface area contributed by atoms with Crippen molar-refractivity contribution in [3.05, 3.63) is 29.3 Å². The summed E-state index contributed by atoms with van der Waals surface area (Å²) in [6.07, 6.45) is 6.93. The zero-order chi connectivity index (χ0) is 18.8. The average Bonchev–Trinajstić information content (AvgIpc) is 2.58. The summed E-state index contributed by atoms with van der Waals surface area (Å²) >= 11 is 0. The van der Waals surface area contributed by atoms with E-state index in [1.165, 1.54) is 43.2 Å². The molecule has 1 fully saturated rings. The summed E-state index contributed by atoms with van der Waals surface area (Å²) in [5.41, 5.74) is 2.53. The van der Waals surface area contributed by atoms with E-state index in [0.717, 1.165) is 24.9 Å². The van der Waals surface area contributed by atoms with Gasteiger partial charge in [-0.25, -0.2) is 9.59 Å². The van der Waals surface area contributed by atoms with Crippen LogP contribution in [0.1, 0.15) is 43.2 Å². The highest BCUT2D eigenvalue weighted by atomic mass is 16.5. The van der Waals surface area contributed by atoms with E-state index in [9.17, 15) is 0 Å². The topological polar surface area (TPSA) is 87.1 Å². The number of aryl methyl sites for hydroxylation is 2. The van der Waals surface area contributed by atoms with Crippen LogP contribution in [0.15, 0.2) is 18.2 Å². The lowest BCUT2D eigenvalue weighted by Crippen LogP contribution is -2.36. The van der Waals surface area contributed by atoms with Gasteiger partial charge < -0.3 is 19.8 Å². The van der Waals surface area contributed by atoms with Crippen molar-refractivity contribution in [2.75, 3.05) is 20.2 Å². The van der Waals surface area contributed by atoms with E-state index in [1.54, 1.807) is 0 Å². The van der Waals surface area contributed by atoms with E-state index in [0.29, 0.717) is 0 Å². The van der Waals surface area contributed by atoms with E-state index >= 15 is 0 Å². The number of carbonyl (C=O) groups is 2. The number of benzene rings is 1. The lowest BCUT2D eigenvalue weighted by molar-refractivity contribution is -0.159. The lowest BCUT2D eigenvalue weighted by Gasteiger charge is -2.31. The molecular weight excluding hydrogens is 322 g/mol. The Labute approximate surface area is 149 Å². The maximum atomic E-state index is 9.10. The van der Waals surface area contributed by atoms with Crippen molar-refractivity contribution in [3.8, 4) is 5.75 Å². The molecule has 0 aliphatic heterocycles. The molecule has 25 heavy (non-hydrogen) atoms. The molecule has 6 nitrogen and oxygen atoms in total. The van der Waals surface area contributed by atoms with Gasteiger partial charge in [-0.1, -0.05) is 37.0 Å². The van der Waals surface area contributed by atoms with E-state index in [-0.39, 0.29) is 0 Å². The van der Waals surface area contributed by atoms with Gasteiger partial charge in [-0.2, -0.15) is 0 Å². The van der Waals surface area contributed by atoms with E-state index in [1.807, 2.05) is 0 Å². The smallest absolute Gasteiger partial charge is 0.414 e. The fraction of sp³-hybridized carbons (Fsp3) is 0.579. The molecule has 0 bridgehead atoms. The molecule has 1 saturated carbocycles. The predicted molar refractivity (Wildman–Crippen MR) is 96.2 cm³/mol. The minimum Gasteiger partial charge on any atom is -0.492 e. The van der Waals surface area contributed by atoms with Crippen molar-refractivity contribution in [1.29, 1.82) is 0 Å². The predicted octanol–water partition coefficient (Wildman–Crippen LogP) is 3.10. The van der Waals surface area contributed by atoms with Crippen LogP contribution in [0, 0.1) is 13.8 Å². The second-order valence-electron chi connectivity index (χ2n) is 6.50. The standard InChI is InChI=1S/C17H27NO.C2H2O4/c1-14-9-10-17(15(2)13-14)19-12-11-18(3)16-7-5-4-6-8-16;3-1(4)2(5)6/h9-10,13,16H,4-8,11-12H2,1-3H3;(H,3,4)(H,5,6). The molecule has 0 saturated heterocycles. The lowest BCUT2D eigenvalue weighted by atomic mass is 9.94. The van der Waals surface area contributed by atoms with Crippen molar-refractivity contribution in [3.63, 3.8) is 0 Å². The molecule has 1 aliphatic carbocycles. The monoisotopic (exact) mass is 351 g/mol. The Bertz CT molecular complexity index is 555. The van der Waals surface area contributed by atoms with Crippen molar-refractivity contribution in [2.24, 2.45) is 0 Å². The summed E-state index contributed by atoms with van der Waals surface area (Å²) in [5.74, 6) is -2.62. The molecule has 2 N–H and O–H groups in total. The maximum absolute atomic E-state index is 9.10. The van der Waals surface area contributed by atoms with Crippen LogP contribution in [0.4, 0.5) is 0 Å². The highest BCUT2D eigenvalue weighted by molar-refractivity contribution is 6.27. The largest absolute Gasteiger partial charge is 0.492 e. The van der Waals surface area contributed by atoms with Gasteiger partial charge >= 0.3 is 11.9 Å². The number of hydrogen-bond donors (Lipinski definition) is 2. The number of carboxylic acid groups (broad SMARTS) is 2. The van der Waals surface area contributed by atoms with Gasteiger partial charge in [-0.15, -0.1) is 0 Å². The SMILES string of the molecule is Cc1ccc(OCCN(C)C2CCCCC2)c(C)c1.O=C(O)C(=O)O. The molecule has 0 radical (unpaired) electrons. The number of nitrogens with zero attached hydrogens (tertiary/aromatic N) is 1. The number of rotatable bonds is 5. The zero-order valence-electron chi connectivity index (χ0n) is 15.3. The summed E-state index contributed by atoms with van der Waals surface area (Å²) < 4.78 is 5.91. The van der Waals surface area contributed by atoms with Gasteiger partial charge in [0, 0.05) is 12.6 Å². The molecule has 0 atom stereocenters. The third kappa shape index (κ3) is 8.03. The van der Waals surface area contributed by atoms with Crippen molar-refractivity contribution >= 4 is 11.9 Å². The highest BCUT2D eigenvalue weighted by Crippen LogP contribution is 2.22. The quantitative estimate of drug-likeness (QED) is 0.793. The first kappa shape index (κ1) is 21.0. The number of ether oxygens (including phenoxy) is 1. The molecule has 0 amide bonds. The zero-order valence-corrected chi connectivity index (χ0v) is 15.3. The summed E-state index contributed by atoms with van der Waals surface area (Å²) in [4.78, 5) is 20.7. The Hall–Kier alpha value is -2.08. The number of aliphatic carboxylic acids is 2. The van der Waals surface area contributed by atoms with Gasteiger partial charge in [0.1, 0.15) is 12.4 Å². The molecule has 0 aromatic heterocycles.